The van der Waals surface area contributed by atoms with Crippen molar-refractivity contribution in [1.29, 1.82) is 0 Å². The van der Waals surface area contributed by atoms with Gasteiger partial charge in [-0.15, -0.1) is 0 Å². The van der Waals surface area contributed by atoms with Crippen molar-refractivity contribution in [3.05, 3.63) is 58.6 Å². The van der Waals surface area contributed by atoms with E-state index in [1.165, 1.54) is 11.8 Å². The van der Waals surface area contributed by atoms with Crippen molar-refractivity contribution in [2.24, 2.45) is 0 Å². The lowest BCUT2D eigenvalue weighted by molar-refractivity contribution is -0.387. The molecular formula is C21H31N3O2S. The lowest BCUT2D eigenvalue weighted by Crippen LogP contribution is -2.44. The summed E-state index contributed by atoms with van der Waals surface area (Å²) in [7, 11) is 2.10. The summed E-state index contributed by atoms with van der Waals surface area (Å²) in [6.07, 6.45) is 0. The molecule has 1 saturated heterocycles. The van der Waals surface area contributed by atoms with E-state index in [9.17, 15) is 10.1 Å². The van der Waals surface area contributed by atoms with Crippen molar-refractivity contribution in [2.45, 2.75) is 37.5 Å². The first-order valence-corrected chi connectivity index (χ1v) is 10.4. The largest absolute Gasteiger partial charge is 0.369 e. The Labute approximate surface area is 167 Å². The number of nitro groups is 1. The van der Waals surface area contributed by atoms with Crippen LogP contribution in [0.4, 0.5) is 11.4 Å². The molecule has 5 nitrogen and oxygen atoms in total. The number of hydrogen-bond acceptors (Lipinski definition) is 5. The summed E-state index contributed by atoms with van der Waals surface area (Å²) in [6, 6.07) is 15.3. The summed E-state index contributed by atoms with van der Waals surface area (Å²) in [5, 5.41) is 11.5. The lowest BCUT2D eigenvalue weighted by atomic mass is 10.2. The van der Waals surface area contributed by atoms with Gasteiger partial charge in [0.15, 0.2) is 0 Å². The van der Waals surface area contributed by atoms with Crippen LogP contribution in [0, 0.1) is 10.1 Å². The van der Waals surface area contributed by atoms with E-state index < -0.39 is 0 Å². The smallest absolute Gasteiger partial charge is 0.285 e. The van der Waals surface area contributed by atoms with Crippen molar-refractivity contribution in [3.8, 4) is 0 Å². The highest BCUT2D eigenvalue weighted by molar-refractivity contribution is 7.99. The highest BCUT2D eigenvalue weighted by atomic mass is 32.2. The van der Waals surface area contributed by atoms with E-state index in [2.05, 4.69) is 16.8 Å². The Hall–Kier alpha value is -2.05. The average molecular weight is 390 g/mol. The van der Waals surface area contributed by atoms with E-state index in [1.807, 2.05) is 70.2 Å². The fourth-order valence-electron chi connectivity index (χ4n) is 2.61. The van der Waals surface area contributed by atoms with Crippen LogP contribution in [-0.4, -0.2) is 43.0 Å². The highest BCUT2D eigenvalue weighted by Gasteiger charge is 2.20. The normalized spacial score (nSPS) is 13.7. The number of anilines is 1. The Bertz CT molecular complexity index is 687. The number of nitrogens with zero attached hydrogens (tertiary/aromatic N) is 3. The summed E-state index contributed by atoms with van der Waals surface area (Å²) in [4.78, 5) is 17.3. The molecule has 0 N–H and O–H groups in total. The summed E-state index contributed by atoms with van der Waals surface area (Å²) in [5.74, 6) is 0. The molecule has 0 aliphatic carbocycles. The van der Waals surface area contributed by atoms with Gasteiger partial charge in [-0.3, -0.25) is 10.1 Å². The first-order chi connectivity index (χ1) is 13.1. The van der Waals surface area contributed by atoms with E-state index in [-0.39, 0.29) is 10.6 Å². The lowest BCUT2D eigenvalue weighted by Gasteiger charge is -2.34. The van der Waals surface area contributed by atoms with Crippen LogP contribution in [0.25, 0.3) is 0 Å². The van der Waals surface area contributed by atoms with Gasteiger partial charge < -0.3 is 9.80 Å². The molecular weight excluding hydrogens is 358 g/mol. The molecule has 148 valence electrons. The van der Waals surface area contributed by atoms with Crippen LogP contribution in [0.2, 0.25) is 0 Å². The van der Waals surface area contributed by atoms with Crippen LogP contribution in [0.3, 0.4) is 0 Å². The number of rotatable bonds is 4. The van der Waals surface area contributed by atoms with Crippen LogP contribution in [0.15, 0.2) is 58.3 Å². The zero-order valence-corrected chi connectivity index (χ0v) is 17.8. The summed E-state index contributed by atoms with van der Waals surface area (Å²) < 4.78 is 0. The van der Waals surface area contributed by atoms with Gasteiger partial charge >= 0.3 is 0 Å². The Morgan fingerprint density at radius 2 is 1.52 bits per heavy atom. The third-order valence-electron chi connectivity index (χ3n) is 3.98. The fourth-order valence-corrected chi connectivity index (χ4v) is 3.53. The molecule has 2 aromatic carbocycles. The van der Waals surface area contributed by atoms with Gasteiger partial charge in [-0.05, 0) is 31.3 Å². The van der Waals surface area contributed by atoms with E-state index in [0.29, 0.717) is 4.90 Å². The van der Waals surface area contributed by atoms with Gasteiger partial charge in [-0.2, -0.15) is 0 Å². The Morgan fingerprint density at radius 1 is 0.926 bits per heavy atom. The van der Waals surface area contributed by atoms with Crippen LogP contribution < -0.4 is 4.90 Å². The molecule has 0 atom stereocenters. The van der Waals surface area contributed by atoms with Gasteiger partial charge in [-0.1, -0.05) is 57.7 Å². The SMILES string of the molecule is CC.CC.CN1CCN(c2ccc(Sc3ccccc3)c([N+](=O)[O-])c2)CC1. The molecule has 1 heterocycles. The van der Waals surface area contributed by atoms with Crippen molar-refractivity contribution in [3.63, 3.8) is 0 Å². The van der Waals surface area contributed by atoms with E-state index in [1.54, 1.807) is 6.07 Å². The van der Waals surface area contributed by atoms with Gasteiger partial charge in [-0.25, -0.2) is 0 Å². The van der Waals surface area contributed by atoms with Crippen molar-refractivity contribution >= 4 is 23.1 Å². The maximum absolute atomic E-state index is 11.5. The third-order valence-corrected chi connectivity index (χ3v) is 5.05. The molecule has 0 spiro atoms. The number of likely N-dealkylation sites (N-methyl/N-ethyl adjacent to an activating group) is 1. The molecule has 0 radical (unpaired) electrons. The molecule has 3 rings (SSSR count). The second-order valence-electron chi connectivity index (χ2n) is 5.61. The second-order valence-corrected chi connectivity index (χ2v) is 6.73. The third kappa shape index (κ3) is 6.88. The zero-order chi connectivity index (χ0) is 20.2. The minimum atomic E-state index is -0.287. The average Bonchev–Trinajstić information content (AvgIpc) is 2.72. The van der Waals surface area contributed by atoms with Gasteiger partial charge in [0, 0.05) is 42.8 Å². The van der Waals surface area contributed by atoms with Crippen molar-refractivity contribution < 1.29 is 4.92 Å². The van der Waals surface area contributed by atoms with Gasteiger partial charge in [0.05, 0.1) is 9.82 Å². The first kappa shape index (κ1) is 23.0. The monoisotopic (exact) mass is 389 g/mol. The molecule has 0 saturated carbocycles. The summed E-state index contributed by atoms with van der Waals surface area (Å²) >= 11 is 1.43. The molecule has 6 heteroatoms. The molecule has 1 aliphatic rings. The summed E-state index contributed by atoms with van der Waals surface area (Å²) in [6.45, 7) is 11.8. The molecule has 0 unspecified atom stereocenters. The predicted octanol–water partition coefficient (Wildman–Crippen LogP) is 5.55. The zero-order valence-electron chi connectivity index (χ0n) is 17.0. The van der Waals surface area contributed by atoms with E-state index >= 15 is 0 Å². The molecule has 0 amide bonds. The van der Waals surface area contributed by atoms with Gasteiger partial charge in [0.1, 0.15) is 0 Å². The van der Waals surface area contributed by atoms with Crippen LogP contribution in [0.5, 0.6) is 0 Å². The molecule has 0 aromatic heterocycles. The Kier molecular flexibility index (Phi) is 10.5. The van der Waals surface area contributed by atoms with Crippen molar-refractivity contribution in [2.75, 3.05) is 38.1 Å². The van der Waals surface area contributed by atoms with E-state index in [4.69, 9.17) is 0 Å². The minimum Gasteiger partial charge on any atom is -0.369 e. The molecule has 0 bridgehead atoms. The topological polar surface area (TPSA) is 49.6 Å². The van der Waals surface area contributed by atoms with Crippen molar-refractivity contribution in [1.82, 2.24) is 4.90 Å². The Balaban J connectivity index is 0.000000855. The molecule has 2 aromatic rings. The van der Waals surface area contributed by atoms with Crippen LogP contribution >= 0.6 is 11.8 Å². The molecule has 1 fully saturated rings. The Morgan fingerprint density at radius 3 is 2.07 bits per heavy atom. The maximum Gasteiger partial charge on any atom is 0.285 e. The van der Waals surface area contributed by atoms with Gasteiger partial charge in [0.2, 0.25) is 0 Å². The predicted molar refractivity (Wildman–Crippen MR) is 116 cm³/mol. The fraction of sp³-hybridized carbons (Fsp3) is 0.429. The number of hydrogen-bond donors (Lipinski definition) is 0. The van der Waals surface area contributed by atoms with Gasteiger partial charge in [0.25, 0.3) is 5.69 Å². The summed E-state index contributed by atoms with van der Waals surface area (Å²) in [5.41, 5.74) is 1.11. The van der Waals surface area contributed by atoms with E-state index in [0.717, 1.165) is 36.8 Å². The second kappa shape index (κ2) is 12.4. The van der Waals surface area contributed by atoms with Crippen LogP contribution in [-0.2, 0) is 0 Å². The highest BCUT2D eigenvalue weighted by Crippen LogP contribution is 2.37. The number of benzene rings is 2. The number of nitro benzene ring substituents is 1. The minimum absolute atomic E-state index is 0.176. The van der Waals surface area contributed by atoms with Crippen LogP contribution in [0.1, 0.15) is 27.7 Å². The molecule has 1 aliphatic heterocycles. The molecule has 27 heavy (non-hydrogen) atoms. The quantitative estimate of drug-likeness (QED) is 0.507. The number of piperazine rings is 1. The first-order valence-electron chi connectivity index (χ1n) is 9.58. The standard InChI is InChI=1S/C17H19N3O2S.2C2H6/c1-18-9-11-19(12-10-18)14-7-8-17(16(13-14)20(21)22)23-15-5-3-2-4-6-15;2*1-2/h2-8,13H,9-12H2,1H3;2*1-2H3. The maximum atomic E-state index is 11.5.